The summed E-state index contributed by atoms with van der Waals surface area (Å²) in [6.07, 6.45) is 0.853. The van der Waals surface area contributed by atoms with Gasteiger partial charge in [-0.25, -0.2) is 13.2 Å². The summed E-state index contributed by atoms with van der Waals surface area (Å²) in [5, 5.41) is 37.4. The van der Waals surface area contributed by atoms with Crippen LogP contribution in [0.1, 0.15) is 223 Å². The number of carboxylic acid groups (broad SMARTS) is 2. The number of methoxy groups -OCH3 is 5. The second-order valence-electron chi connectivity index (χ2n) is 35.1. The molecule has 0 aliphatic carbocycles. The molecule has 123 heavy (non-hydrogen) atoms. The Kier molecular flexibility index (Phi) is 38.3. The van der Waals surface area contributed by atoms with E-state index in [0.29, 0.717) is 89.2 Å². The van der Waals surface area contributed by atoms with Gasteiger partial charge in [-0.05, 0) is 239 Å². The number of hydrogen-bond acceptors (Lipinski definition) is 13. The van der Waals surface area contributed by atoms with Gasteiger partial charge in [-0.15, -0.1) is 11.6 Å². The molecule has 0 aliphatic rings. The summed E-state index contributed by atoms with van der Waals surface area (Å²) < 4.78 is 81.2. The minimum atomic E-state index is -0.808. The molecule has 4 N–H and O–H groups in total. The number of halogens is 4. The Morgan fingerprint density at radius 1 is 0.333 bits per heavy atom. The SMILES string of the molecule is COC(=O)C[C@@H](c1cccc(O)c1)C(C)C.COC(=O)C[C@H](c1cccc(O)c1)C(C)C.COc1ccc(F)c(-c2ccc(CCl)cc2C(C)(C)C)c1.COc1ccc(F)c(-c2ccc(COc3cccc([C@@H](CC(=O)O)C(C)C)c3)cc2C(C)(C)C)c1.COc1ccc(F)c(-c2ccc(COc3cccc([C@H](CC(=O)O)C(C)C)c3)cc2C(C)(C)C)c1. The fraction of sp³-hybridized carbons (Fsp3) is 0.385. The fourth-order valence-corrected chi connectivity index (χ4v) is 14.7. The third-order valence-corrected chi connectivity index (χ3v) is 21.7. The van der Waals surface area contributed by atoms with Gasteiger partial charge in [0.25, 0.3) is 0 Å². The van der Waals surface area contributed by atoms with Crippen LogP contribution in [-0.4, -0.2) is 79.9 Å². The van der Waals surface area contributed by atoms with Crippen molar-refractivity contribution in [2.24, 2.45) is 23.7 Å². The number of phenols is 2. The second kappa shape index (κ2) is 46.9. The van der Waals surface area contributed by atoms with Crippen molar-refractivity contribution in [3.63, 3.8) is 0 Å². The lowest BCUT2D eigenvalue weighted by Gasteiger charge is -2.25. The van der Waals surface area contributed by atoms with Crippen molar-refractivity contribution in [1.29, 1.82) is 0 Å². The Hall–Kier alpha value is -11.2. The average molecular weight is 1710 g/mol. The average Bonchev–Trinajstić information content (AvgIpc) is 0.792. The Morgan fingerprint density at radius 3 is 0.870 bits per heavy atom. The Balaban J connectivity index is 0.000000248. The lowest BCUT2D eigenvalue weighted by Crippen LogP contribution is -2.14. The number of carbonyl (C=O) groups is 4. The highest BCUT2D eigenvalue weighted by Crippen LogP contribution is 2.43. The molecule has 4 atom stereocenters. The number of alkyl halides is 1. The Bertz CT molecular complexity index is 4850. The van der Waals surface area contributed by atoms with Gasteiger partial charge in [0.1, 0.15) is 70.9 Å². The Morgan fingerprint density at radius 2 is 0.610 bits per heavy atom. The number of rotatable bonds is 29. The first-order chi connectivity index (χ1) is 57.9. The molecule has 0 radical (unpaired) electrons. The van der Waals surface area contributed by atoms with E-state index >= 15 is 0 Å². The van der Waals surface area contributed by atoms with Crippen LogP contribution >= 0.6 is 11.6 Å². The number of aromatic hydroxyl groups is 2. The number of ether oxygens (including phenoxy) is 7. The van der Waals surface area contributed by atoms with Crippen LogP contribution in [0.3, 0.4) is 0 Å². The number of carbonyl (C=O) groups excluding carboxylic acids is 2. The zero-order valence-corrected chi connectivity index (χ0v) is 76.2. The van der Waals surface area contributed by atoms with Crippen molar-refractivity contribution in [1.82, 2.24) is 0 Å². The summed E-state index contributed by atoms with van der Waals surface area (Å²) in [6.45, 7) is 36.0. The standard InChI is InChI=1S/2C30H35FO4.C18H20ClFO.2C13H18O3/c2*1-19(2)25(17-29(32)33)21-8-7-9-23(15-21)35-18-20-10-12-24(27(14-20)30(3,4)5)26-16-22(34-6)11-13-28(26)31;1-18(2,3)16-9-12(11-19)5-7-14(16)15-10-13(21-4)6-8-17(15)20;2*1-9(2)12(8-13(15)16-3)10-5-4-6-11(14)7-10/h2*7-16,19,25H,17-18H2,1-6H3,(H,32,33);5-10H,11H2,1-4H3;2*4-7,9,12,14H,8H2,1-3H3/t2*25-;;2*12-/m10.10/s1. The molecular formula is C104H126ClF3O15. The maximum absolute atomic E-state index is 14.8. The molecule has 0 saturated carbocycles. The van der Waals surface area contributed by atoms with Crippen LogP contribution in [0.15, 0.2) is 206 Å². The number of hydrogen-bond donors (Lipinski definition) is 4. The van der Waals surface area contributed by atoms with Crippen LogP contribution in [0.2, 0.25) is 0 Å². The molecular weight excluding hydrogens is 1580 g/mol. The predicted molar refractivity (Wildman–Crippen MR) is 487 cm³/mol. The number of esters is 2. The Labute approximate surface area is 731 Å². The van der Waals surface area contributed by atoms with Crippen LogP contribution in [0.4, 0.5) is 13.2 Å². The van der Waals surface area contributed by atoms with E-state index in [4.69, 9.17) is 35.3 Å². The van der Waals surface area contributed by atoms with Gasteiger partial charge >= 0.3 is 23.9 Å². The van der Waals surface area contributed by atoms with Crippen LogP contribution in [0.5, 0.6) is 40.2 Å². The zero-order valence-electron chi connectivity index (χ0n) is 75.5. The summed E-state index contributed by atoms with van der Waals surface area (Å²) in [6, 6.07) is 61.6. The van der Waals surface area contributed by atoms with Crippen molar-refractivity contribution < 1.29 is 85.9 Å². The van der Waals surface area contributed by atoms with E-state index in [9.17, 15) is 52.8 Å². The maximum atomic E-state index is 14.8. The highest BCUT2D eigenvalue weighted by atomic mass is 35.5. The van der Waals surface area contributed by atoms with Crippen molar-refractivity contribution in [2.45, 2.75) is 202 Å². The van der Waals surface area contributed by atoms with Crippen LogP contribution in [0, 0.1) is 41.1 Å². The summed E-state index contributed by atoms with van der Waals surface area (Å²) in [4.78, 5) is 45.2. The summed E-state index contributed by atoms with van der Waals surface area (Å²) in [5.41, 5.74) is 13.5. The van der Waals surface area contributed by atoms with E-state index in [0.717, 1.165) is 72.3 Å². The summed E-state index contributed by atoms with van der Waals surface area (Å²) in [7, 11) is 7.51. The van der Waals surface area contributed by atoms with Gasteiger partial charge in [0.2, 0.25) is 0 Å². The van der Waals surface area contributed by atoms with Gasteiger partial charge in [-0.2, -0.15) is 0 Å². The smallest absolute Gasteiger partial charge is 0.306 e. The van der Waals surface area contributed by atoms with Gasteiger partial charge < -0.3 is 53.6 Å². The molecule has 10 aromatic carbocycles. The molecule has 0 amide bonds. The third-order valence-electron chi connectivity index (χ3n) is 21.4. The largest absolute Gasteiger partial charge is 0.508 e. The number of benzene rings is 10. The summed E-state index contributed by atoms with van der Waals surface area (Å²) in [5.74, 6) is 2.29. The van der Waals surface area contributed by atoms with E-state index in [1.54, 1.807) is 94.1 Å². The topological polar surface area (TPSA) is 214 Å². The molecule has 0 aliphatic heterocycles. The van der Waals surface area contributed by atoms with Gasteiger partial charge in [0.05, 0.1) is 61.2 Å². The normalized spacial score (nSPS) is 12.3. The number of aliphatic carboxylic acids is 2. The quantitative estimate of drug-likeness (QED) is 0.0253. The van der Waals surface area contributed by atoms with Gasteiger partial charge in [-0.3, -0.25) is 19.2 Å². The molecule has 15 nitrogen and oxygen atoms in total. The fourth-order valence-electron chi connectivity index (χ4n) is 14.5. The number of phenolic OH excluding ortho intramolecular Hbond substituents is 2. The molecule has 0 bridgehead atoms. The maximum Gasteiger partial charge on any atom is 0.306 e. The van der Waals surface area contributed by atoms with Crippen molar-refractivity contribution in [3.05, 3.63) is 279 Å². The van der Waals surface area contributed by atoms with E-state index in [1.807, 2.05) is 125 Å². The van der Waals surface area contributed by atoms with E-state index in [-0.39, 0.29) is 105 Å². The highest BCUT2D eigenvalue weighted by molar-refractivity contribution is 6.17. The monoisotopic (exact) mass is 1710 g/mol. The van der Waals surface area contributed by atoms with Crippen molar-refractivity contribution >= 4 is 35.5 Å². The first kappa shape index (κ1) is 101. The molecule has 0 heterocycles. The molecule has 0 fully saturated rings. The first-order valence-corrected chi connectivity index (χ1v) is 42.1. The molecule has 19 heteroatoms. The molecule has 660 valence electrons. The van der Waals surface area contributed by atoms with Gasteiger partial charge in [0, 0.05) is 22.6 Å². The van der Waals surface area contributed by atoms with E-state index < -0.39 is 11.9 Å². The van der Waals surface area contributed by atoms with Crippen LogP contribution in [0.25, 0.3) is 33.4 Å². The lowest BCUT2D eigenvalue weighted by molar-refractivity contribution is -0.142. The predicted octanol–water partition coefficient (Wildman–Crippen LogP) is 26.1. The molecule has 0 aromatic heterocycles. The first-order valence-electron chi connectivity index (χ1n) is 41.5. The van der Waals surface area contributed by atoms with Gasteiger partial charge in [0.15, 0.2) is 0 Å². The van der Waals surface area contributed by atoms with Crippen molar-refractivity contribution in [3.8, 4) is 73.6 Å². The molecule has 0 saturated heterocycles. The number of carboxylic acids is 2. The molecule has 10 aromatic rings. The minimum absolute atomic E-state index is 0.0817. The van der Waals surface area contributed by atoms with E-state index in [1.165, 1.54) is 32.4 Å². The molecule has 0 spiro atoms. The highest BCUT2D eigenvalue weighted by Gasteiger charge is 2.29. The van der Waals surface area contributed by atoms with Crippen molar-refractivity contribution in [2.75, 3.05) is 35.5 Å². The zero-order chi connectivity index (χ0) is 91.4. The molecule has 10 rings (SSSR count). The van der Waals surface area contributed by atoms with E-state index in [2.05, 4.69) is 118 Å². The molecule has 0 unspecified atom stereocenters. The summed E-state index contributed by atoms with van der Waals surface area (Å²) >= 11 is 5.93. The van der Waals surface area contributed by atoms with Gasteiger partial charge in [-0.1, -0.05) is 221 Å². The lowest BCUT2D eigenvalue weighted by atomic mass is 9.81. The van der Waals surface area contributed by atoms with Crippen LogP contribution in [-0.2, 0) is 64.0 Å². The third kappa shape index (κ3) is 30.6. The minimum Gasteiger partial charge on any atom is -0.508 e. The second-order valence-corrected chi connectivity index (χ2v) is 35.4. The van der Waals surface area contributed by atoms with Crippen LogP contribution < -0.4 is 23.7 Å².